The molecule has 6 nitrogen and oxygen atoms in total. The summed E-state index contributed by atoms with van der Waals surface area (Å²) in [7, 11) is 0. The molecule has 112 valence electrons. The van der Waals surface area contributed by atoms with Gasteiger partial charge in [-0.05, 0) is 39.5 Å². The molecule has 0 aliphatic carbocycles. The predicted octanol–water partition coefficient (Wildman–Crippen LogP) is 1.77. The van der Waals surface area contributed by atoms with Gasteiger partial charge in [0, 0.05) is 25.3 Å². The van der Waals surface area contributed by atoms with Crippen molar-refractivity contribution in [2.75, 3.05) is 19.7 Å². The van der Waals surface area contributed by atoms with Gasteiger partial charge in [-0.15, -0.1) is 0 Å². The number of nitrogens with one attached hydrogen (secondary N) is 1. The van der Waals surface area contributed by atoms with Crippen LogP contribution < -0.4 is 5.32 Å². The number of likely N-dealkylation sites (tertiary alicyclic amines) is 1. The molecule has 6 heteroatoms. The van der Waals surface area contributed by atoms with Crippen LogP contribution in [0.3, 0.4) is 0 Å². The second kappa shape index (κ2) is 6.26. The van der Waals surface area contributed by atoms with E-state index in [2.05, 4.69) is 10.5 Å². The van der Waals surface area contributed by atoms with Gasteiger partial charge >= 0.3 is 6.03 Å². The first-order valence-corrected chi connectivity index (χ1v) is 7.12. The van der Waals surface area contributed by atoms with Crippen LogP contribution in [0.4, 0.5) is 4.79 Å². The second-order valence-corrected chi connectivity index (χ2v) is 5.55. The van der Waals surface area contributed by atoms with Crippen LogP contribution in [0, 0.1) is 19.8 Å². The minimum atomic E-state index is -0.136. The topological polar surface area (TPSA) is 78.6 Å². The number of aryl methyl sites for hydroxylation is 2. The molecule has 1 aromatic heterocycles. The van der Waals surface area contributed by atoms with E-state index >= 15 is 0 Å². The SMILES string of the molecule is Cc1noc(C)c1C(C)NC(=O)N1CCCC(CO)C1. The van der Waals surface area contributed by atoms with Crippen molar-refractivity contribution >= 4 is 6.03 Å². The lowest BCUT2D eigenvalue weighted by Gasteiger charge is -2.32. The highest BCUT2D eigenvalue weighted by Gasteiger charge is 2.25. The molecule has 1 saturated heterocycles. The van der Waals surface area contributed by atoms with Crippen molar-refractivity contribution in [3.8, 4) is 0 Å². The summed E-state index contributed by atoms with van der Waals surface area (Å²) in [5.41, 5.74) is 1.75. The minimum absolute atomic E-state index is 0.0874. The van der Waals surface area contributed by atoms with Crippen molar-refractivity contribution in [1.29, 1.82) is 0 Å². The highest BCUT2D eigenvalue weighted by Crippen LogP contribution is 2.22. The molecule has 2 N–H and O–H groups in total. The Kier molecular flexibility index (Phi) is 4.65. The molecule has 0 spiro atoms. The normalized spacial score (nSPS) is 20.8. The molecule has 0 saturated carbocycles. The maximum atomic E-state index is 12.3. The molecule has 1 fully saturated rings. The van der Waals surface area contributed by atoms with Gasteiger partial charge in [0.25, 0.3) is 0 Å². The van der Waals surface area contributed by atoms with Crippen LogP contribution in [0.2, 0.25) is 0 Å². The summed E-state index contributed by atoms with van der Waals surface area (Å²) in [6, 6.07) is -0.223. The van der Waals surface area contributed by atoms with Crippen molar-refractivity contribution in [2.45, 2.75) is 39.7 Å². The molecule has 1 aliphatic rings. The van der Waals surface area contributed by atoms with Gasteiger partial charge in [0.1, 0.15) is 5.76 Å². The number of piperidine rings is 1. The number of urea groups is 1. The maximum absolute atomic E-state index is 12.3. The fourth-order valence-electron chi connectivity index (χ4n) is 2.86. The molecular weight excluding hydrogens is 258 g/mol. The minimum Gasteiger partial charge on any atom is -0.396 e. The average Bonchev–Trinajstić information content (AvgIpc) is 2.78. The van der Waals surface area contributed by atoms with Crippen LogP contribution >= 0.6 is 0 Å². The van der Waals surface area contributed by atoms with Gasteiger partial charge < -0.3 is 19.8 Å². The number of nitrogens with zero attached hydrogens (tertiary/aromatic N) is 2. The van der Waals surface area contributed by atoms with E-state index < -0.39 is 0 Å². The first kappa shape index (κ1) is 14.8. The van der Waals surface area contributed by atoms with Gasteiger partial charge in [-0.1, -0.05) is 5.16 Å². The van der Waals surface area contributed by atoms with Gasteiger partial charge in [0.05, 0.1) is 11.7 Å². The Morgan fingerprint density at radius 1 is 1.60 bits per heavy atom. The summed E-state index contributed by atoms with van der Waals surface area (Å²) in [4.78, 5) is 14.0. The van der Waals surface area contributed by atoms with Crippen molar-refractivity contribution in [2.24, 2.45) is 5.92 Å². The number of aromatic nitrogens is 1. The standard InChI is InChI=1S/C14H23N3O3/c1-9(13-10(2)16-20-11(13)3)15-14(19)17-6-4-5-12(7-17)8-18/h9,12,18H,4-8H2,1-3H3,(H,15,19). The smallest absolute Gasteiger partial charge is 0.317 e. The fourth-order valence-corrected chi connectivity index (χ4v) is 2.86. The Morgan fingerprint density at radius 2 is 2.35 bits per heavy atom. The number of rotatable bonds is 3. The second-order valence-electron chi connectivity index (χ2n) is 5.55. The van der Waals surface area contributed by atoms with Gasteiger partial charge in [0.15, 0.2) is 0 Å². The monoisotopic (exact) mass is 281 g/mol. The molecule has 20 heavy (non-hydrogen) atoms. The number of amides is 2. The van der Waals surface area contributed by atoms with E-state index in [1.807, 2.05) is 20.8 Å². The zero-order valence-electron chi connectivity index (χ0n) is 12.3. The third-order valence-corrected chi connectivity index (χ3v) is 3.93. The summed E-state index contributed by atoms with van der Waals surface area (Å²) in [6.07, 6.45) is 1.93. The largest absolute Gasteiger partial charge is 0.396 e. The molecule has 1 aromatic rings. The van der Waals surface area contributed by atoms with Crippen LogP contribution in [-0.2, 0) is 0 Å². The molecule has 0 aromatic carbocycles. The average molecular weight is 281 g/mol. The Labute approximate surface area is 119 Å². The first-order valence-electron chi connectivity index (χ1n) is 7.12. The lowest BCUT2D eigenvalue weighted by molar-refractivity contribution is 0.128. The van der Waals surface area contributed by atoms with E-state index in [4.69, 9.17) is 4.52 Å². The van der Waals surface area contributed by atoms with E-state index in [9.17, 15) is 9.90 Å². The highest BCUT2D eigenvalue weighted by molar-refractivity contribution is 5.74. The predicted molar refractivity (Wildman–Crippen MR) is 74.3 cm³/mol. The maximum Gasteiger partial charge on any atom is 0.317 e. The third-order valence-electron chi connectivity index (χ3n) is 3.93. The van der Waals surface area contributed by atoms with Crippen molar-refractivity contribution in [1.82, 2.24) is 15.4 Å². The lowest BCUT2D eigenvalue weighted by Crippen LogP contribution is -2.46. The quantitative estimate of drug-likeness (QED) is 0.885. The summed E-state index contributed by atoms with van der Waals surface area (Å²) in [5, 5.41) is 16.1. The fraction of sp³-hybridized carbons (Fsp3) is 0.714. The van der Waals surface area contributed by atoms with Crippen LogP contribution in [0.25, 0.3) is 0 Å². The molecule has 1 aliphatic heterocycles. The zero-order valence-corrected chi connectivity index (χ0v) is 12.3. The van der Waals surface area contributed by atoms with E-state index in [0.717, 1.165) is 36.4 Å². The molecule has 2 atom stereocenters. The van der Waals surface area contributed by atoms with Crippen LogP contribution in [0.1, 0.15) is 42.8 Å². The lowest BCUT2D eigenvalue weighted by atomic mass is 9.99. The van der Waals surface area contributed by atoms with Crippen LogP contribution in [-0.4, -0.2) is 40.9 Å². The van der Waals surface area contributed by atoms with Crippen molar-refractivity contribution in [3.63, 3.8) is 0 Å². The Bertz CT molecular complexity index is 453. The van der Waals surface area contributed by atoms with Crippen LogP contribution in [0.5, 0.6) is 0 Å². The summed E-state index contributed by atoms with van der Waals surface area (Å²) in [5.74, 6) is 0.936. The van der Waals surface area contributed by atoms with Crippen LogP contribution in [0.15, 0.2) is 4.52 Å². The van der Waals surface area contributed by atoms with Gasteiger partial charge in [0.2, 0.25) is 0 Å². The highest BCUT2D eigenvalue weighted by atomic mass is 16.5. The van der Waals surface area contributed by atoms with Crippen molar-refractivity contribution < 1.29 is 14.4 Å². The van der Waals surface area contributed by atoms with Gasteiger partial charge in [-0.25, -0.2) is 4.79 Å². The number of carbonyl (C=O) groups excluding carboxylic acids is 1. The van der Waals surface area contributed by atoms with Crippen molar-refractivity contribution in [3.05, 3.63) is 17.0 Å². The molecule has 2 amide bonds. The molecule has 2 heterocycles. The number of aliphatic hydroxyl groups excluding tert-OH is 1. The van der Waals surface area contributed by atoms with E-state index in [0.29, 0.717) is 6.54 Å². The van der Waals surface area contributed by atoms with Gasteiger partial charge in [-0.3, -0.25) is 0 Å². The molecular formula is C14H23N3O3. The molecule has 2 rings (SSSR count). The van der Waals surface area contributed by atoms with Gasteiger partial charge in [-0.2, -0.15) is 0 Å². The first-order chi connectivity index (χ1) is 9.52. The molecule has 0 radical (unpaired) electrons. The molecule has 0 bridgehead atoms. The number of aliphatic hydroxyl groups is 1. The Hall–Kier alpha value is -1.56. The Morgan fingerprint density at radius 3 is 2.95 bits per heavy atom. The summed E-state index contributed by atoms with van der Waals surface area (Å²) in [6.45, 7) is 7.16. The third kappa shape index (κ3) is 3.12. The molecule has 2 unspecified atom stereocenters. The summed E-state index contributed by atoms with van der Waals surface area (Å²) < 4.78 is 5.13. The number of hydrogen-bond donors (Lipinski definition) is 2. The van der Waals surface area contributed by atoms with E-state index in [1.54, 1.807) is 4.90 Å². The van der Waals surface area contributed by atoms with E-state index in [1.165, 1.54) is 0 Å². The summed E-state index contributed by atoms with van der Waals surface area (Å²) >= 11 is 0. The number of hydrogen-bond acceptors (Lipinski definition) is 4. The zero-order chi connectivity index (χ0) is 14.7. The Balaban J connectivity index is 1.97. The van der Waals surface area contributed by atoms with E-state index in [-0.39, 0.29) is 24.6 Å². The number of carbonyl (C=O) groups is 1.